The molecule has 0 atom stereocenters. The Morgan fingerprint density at radius 1 is 0.812 bits per heavy atom. The van der Waals surface area contributed by atoms with Crippen LogP contribution >= 0.6 is 0 Å². The van der Waals surface area contributed by atoms with Gasteiger partial charge in [0.1, 0.15) is 5.75 Å². The average Bonchev–Trinajstić information content (AvgIpc) is 2.83. The second-order valence-electron chi connectivity index (χ2n) is 7.25. The largest absolute Gasteiger partial charge is 0.493 e. The van der Waals surface area contributed by atoms with Crippen LogP contribution in [0.3, 0.4) is 0 Å². The zero-order valence-corrected chi connectivity index (χ0v) is 18.2. The molecule has 0 aromatic heterocycles. The van der Waals surface area contributed by atoms with Crippen molar-refractivity contribution in [3.63, 3.8) is 0 Å². The van der Waals surface area contributed by atoms with Crippen LogP contribution in [-0.2, 0) is 11.2 Å². The molecule has 3 rings (SSSR count). The van der Waals surface area contributed by atoms with E-state index < -0.39 is 0 Å². The Hall–Kier alpha value is -3.64. The highest BCUT2D eigenvalue weighted by Crippen LogP contribution is 2.16. The summed E-state index contributed by atoms with van der Waals surface area (Å²) in [4.78, 5) is 24.7. The first-order valence-corrected chi connectivity index (χ1v) is 10.6. The fourth-order valence-corrected chi connectivity index (χ4v) is 3.09. The van der Waals surface area contributed by atoms with Crippen LogP contribution in [0.4, 0.5) is 5.69 Å². The van der Waals surface area contributed by atoms with Crippen molar-refractivity contribution < 1.29 is 19.1 Å². The van der Waals surface area contributed by atoms with Crippen LogP contribution in [0.5, 0.6) is 5.75 Å². The number of nitrogens with one attached hydrogen (secondary N) is 2. The van der Waals surface area contributed by atoms with Crippen molar-refractivity contribution in [2.75, 3.05) is 32.2 Å². The molecule has 0 fully saturated rings. The molecule has 6 heteroatoms. The Balaban J connectivity index is 1.50. The summed E-state index contributed by atoms with van der Waals surface area (Å²) in [5, 5.41) is 5.68. The maximum atomic E-state index is 12.6. The summed E-state index contributed by atoms with van der Waals surface area (Å²) >= 11 is 0. The normalized spacial score (nSPS) is 10.4. The van der Waals surface area contributed by atoms with E-state index in [0.717, 1.165) is 12.8 Å². The summed E-state index contributed by atoms with van der Waals surface area (Å²) in [7, 11) is 1.63. The molecule has 0 aliphatic carbocycles. The lowest BCUT2D eigenvalue weighted by molar-refractivity contribution is 0.0948. The van der Waals surface area contributed by atoms with Crippen molar-refractivity contribution in [1.82, 2.24) is 5.32 Å². The molecule has 3 aromatic rings. The van der Waals surface area contributed by atoms with Crippen molar-refractivity contribution in [3.8, 4) is 5.75 Å². The van der Waals surface area contributed by atoms with E-state index in [0.29, 0.717) is 42.3 Å². The molecule has 0 aliphatic heterocycles. The summed E-state index contributed by atoms with van der Waals surface area (Å²) in [5.74, 6) is 0.253. The number of carbonyl (C=O) groups is 2. The highest BCUT2D eigenvalue weighted by molar-refractivity contribution is 6.04. The standard InChI is InChI=1S/C26H28N2O4/c1-31-17-6-16-27-25(29)21-11-13-23(14-12-21)28-26(30)22-9-5-10-24(19-22)32-18-15-20-7-3-2-4-8-20/h2-5,7-14,19H,6,15-18H2,1H3,(H,27,29)(H,28,30). The molecule has 166 valence electrons. The number of hydrogen-bond acceptors (Lipinski definition) is 4. The molecule has 0 radical (unpaired) electrons. The second-order valence-corrected chi connectivity index (χ2v) is 7.25. The molecule has 0 spiro atoms. The highest BCUT2D eigenvalue weighted by atomic mass is 16.5. The Labute approximate surface area is 188 Å². The molecule has 0 saturated heterocycles. The number of amides is 2. The number of ether oxygens (including phenoxy) is 2. The molecule has 0 bridgehead atoms. The fraction of sp³-hybridized carbons (Fsp3) is 0.231. The zero-order chi connectivity index (χ0) is 22.6. The van der Waals surface area contributed by atoms with Gasteiger partial charge in [-0.3, -0.25) is 9.59 Å². The molecule has 32 heavy (non-hydrogen) atoms. The minimum atomic E-state index is -0.240. The third-order valence-electron chi connectivity index (χ3n) is 4.81. The monoisotopic (exact) mass is 432 g/mol. The van der Waals surface area contributed by atoms with Crippen molar-refractivity contribution >= 4 is 17.5 Å². The van der Waals surface area contributed by atoms with Gasteiger partial charge in [0.05, 0.1) is 6.61 Å². The van der Waals surface area contributed by atoms with Gasteiger partial charge in [-0.15, -0.1) is 0 Å². The fourth-order valence-electron chi connectivity index (χ4n) is 3.09. The van der Waals surface area contributed by atoms with Gasteiger partial charge in [0.2, 0.25) is 0 Å². The smallest absolute Gasteiger partial charge is 0.255 e. The van der Waals surface area contributed by atoms with Crippen LogP contribution in [0, 0.1) is 0 Å². The van der Waals surface area contributed by atoms with Gasteiger partial charge < -0.3 is 20.1 Å². The van der Waals surface area contributed by atoms with Crippen LogP contribution in [0.2, 0.25) is 0 Å². The summed E-state index contributed by atoms with van der Waals surface area (Å²) in [6.07, 6.45) is 1.55. The van der Waals surface area contributed by atoms with Gasteiger partial charge in [0.15, 0.2) is 0 Å². The molecule has 0 heterocycles. The molecule has 0 saturated carbocycles. The van der Waals surface area contributed by atoms with E-state index in [1.807, 2.05) is 24.3 Å². The summed E-state index contributed by atoms with van der Waals surface area (Å²) in [6, 6.07) is 24.0. The van der Waals surface area contributed by atoms with E-state index in [1.165, 1.54) is 5.56 Å². The lowest BCUT2D eigenvalue weighted by atomic mass is 10.1. The van der Waals surface area contributed by atoms with E-state index >= 15 is 0 Å². The number of methoxy groups -OCH3 is 1. The third-order valence-corrected chi connectivity index (χ3v) is 4.81. The van der Waals surface area contributed by atoms with Gasteiger partial charge in [-0.2, -0.15) is 0 Å². The Morgan fingerprint density at radius 2 is 1.59 bits per heavy atom. The van der Waals surface area contributed by atoms with Gasteiger partial charge in [-0.05, 0) is 54.4 Å². The van der Waals surface area contributed by atoms with Crippen LogP contribution in [0.1, 0.15) is 32.7 Å². The minimum Gasteiger partial charge on any atom is -0.493 e. The van der Waals surface area contributed by atoms with Crippen molar-refractivity contribution in [2.45, 2.75) is 12.8 Å². The number of anilines is 1. The predicted octanol–water partition coefficient (Wildman–Crippen LogP) is 4.33. The molecule has 6 nitrogen and oxygen atoms in total. The number of hydrogen-bond donors (Lipinski definition) is 2. The van der Waals surface area contributed by atoms with E-state index in [2.05, 4.69) is 22.8 Å². The van der Waals surface area contributed by atoms with Crippen molar-refractivity contribution in [3.05, 3.63) is 95.6 Å². The number of rotatable bonds is 11. The van der Waals surface area contributed by atoms with E-state index in [4.69, 9.17) is 9.47 Å². The second kappa shape index (κ2) is 12.3. The van der Waals surface area contributed by atoms with E-state index in [-0.39, 0.29) is 11.8 Å². The lowest BCUT2D eigenvalue weighted by Gasteiger charge is -2.10. The third kappa shape index (κ3) is 7.25. The van der Waals surface area contributed by atoms with Crippen LogP contribution in [0.15, 0.2) is 78.9 Å². The van der Waals surface area contributed by atoms with Gasteiger partial charge >= 0.3 is 0 Å². The van der Waals surface area contributed by atoms with E-state index in [9.17, 15) is 9.59 Å². The van der Waals surface area contributed by atoms with Crippen LogP contribution in [0.25, 0.3) is 0 Å². The maximum absolute atomic E-state index is 12.6. The topological polar surface area (TPSA) is 76.7 Å². The van der Waals surface area contributed by atoms with Crippen LogP contribution in [-0.4, -0.2) is 38.7 Å². The summed E-state index contributed by atoms with van der Waals surface area (Å²) in [5.41, 5.74) is 2.85. The van der Waals surface area contributed by atoms with Crippen LogP contribution < -0.4 is 15.4 Å². The van der Waals surface area contributed by atoms with Gasteiger partial charge in [0.25, 0.3) is 11.8 Å². The molecular formula is C26H28N2O4. The van der Waals surface area contributed by atoms with Gasteiger partial charge in [0, 0.05) is 43.5 Å². The SMILES string of the molecule is COCCCNC(=O)c1ccc(NC(=O)c2cccc(OCCc3ccccc3)c2)cc1. The molecule has 0 aliphatic rings. The first-order chi connectivity index (χ1) is 15.7. The molecule has 3 aromatic carbocycles. The number of benzene rings is 3. The quantitative estimate of drug-likeness (QED) is 0.442. The molecular weight excluding hydrogens is 404 g/mol. The van der Waals surface area contributed by atoms with Gasteiger partial charge in [-0.25, -0.2) is 0 Å². The Kier molecular flexibility index (Phi) is 8.83. The number of carbonyl (C=O) groups excluding carboxylic acids is 2. The summed E-state index contributed by atoms with van der Waals surface area (Å²) < 4.78 is 10.8. The maximum Gasteiger partial charge on any atom is 0.255 e. The summed E-state index contributed by atoms with van der Waals surface area (Å²) in [6.45, 7) is 1.68. The highest BCUT2D eigenvalue weighted by Gasteiger charge is 2.09. The molecule has 2 amide bonds. The van der Waals surface area contributed by atoms with E-state index in [1.54, 1.807) is 49.6 Å². The zero-order valence-electron chi connectivity index (χ0n) is 18.2. The Bertz CT molecular complexity index is 1000. The van der Waals surface area contributed by atoms with Crippen molar-refractivity contribution in [2.24, 2.45) is 0 Å². The minimum absolute atomic E-state index is 0.153. The van der Waals surface area contributed by atoms with Crippen molar-refractivity contribution in [1.29, 1.82) is 0 Å². The molecule has 0 unspecified atom stereocenters. The Morgan fingerprint density at radius 3 is 2.34 bits per heavy atom. The first-order valence-electron chi connectivity index (χ1n) is 10.6. The lowest BCUT2D eigenvalue weighted by Crippen LogP contribution is -2.25. The average molecular weight is 433 g/mol. The first kappa shape index (κ1) is 23.0. The predicted molar refractivity (Wildman–Crippen MR) is 125 cm³/mol. The van der Waals surface area contributed by atoms with Gasteiger partial charge in [-0.1, -0.05) is 36.4 Å². The molecule has 2 N–H and O–H groups in total.